The topological polar surface area (TPSA) is 85.1 Å². The molecule has 0 aliphatic rings. The van der Waals surface area contributed by atoms with E-state index in [0.717, 1.165) is 0 Å². The average molecular weight is 385 g/mol. The molecule has 24 heavy (non-hydrogen) atoms. The van der Waals surface area contributed by atoms with Gasteiger partial charge in [-0.15, -0.1) is 0 Å². The molecule has 0 aliphatic heterocycles. The predicted molar refractivity (Wildman–Crippen MR) is 90.7 cm³/mol. The van der Waals surface area contributed by atoms with Crippen LogP contribution in [0.3, 0.4) is 0 Å². The minimum Gasteiger partial charge on any atom is -0.805 e. The van der Waals surface area contributed by atoms with E-state index in [4.69, 9.17) is 23.2 Å². The van der Waals surface area contributed by atoms with Gasteiger partial charge in [0, 0.05) is 11.0 Å². The number of nitrogens with zero attached hydrogens (tertiary/aromatic N) is 2. The maximum atomic E-state index is 12.8. The molecular formula is C15H10Cl2N2O4S. The maximum absolute atomic E-state index is 12.8. The van der Waals surface area contributed by atoms with Crippen LogP contribution in [0.5, 0.6) is 0 Å². The predicted octanol–water partition coefficient (Wildman–Crippen LogP) is 3.35. The zero-order valence-electron chi connectivity index (χ0n) is 12.2. The van der Waals surface area contributed by atoms with Gasteiger partial charge in [0.25, 0.3) is 15.4 Å². The lowest BCUT2D eigenvalue weighted by Gasteiger charge is -2.16. The summed E-state index contributed by atoms with van der Waals surface area (Å²) >= 11 is 11.8. The molecule has 1 aromatic heterocycles. The van der Waals surface area contributed by atoms with E-state index in [1.165, 1.54) is 43.3 Å². The molecule has 0 unspecified atom stereocenters. The first kappa shape index (κ1) is 16.8. The molecule has 0 saturated carbocycles. The highest BCUT2D eigenvalue weighted by atomic mass is 35.5. The van der Waals surface area contributed by atoms with Crippen LogP contribution < -0.4 is 4.43 Å². The summed E-state index contributed by atoms with van der Waals surface area (Å²) in [5, 5.41) is 11.9. The Kier molecular flexibility index (Phi) is 4.03. The molecule has 0 bridgehead atoms. The van der Waals surface area contributed by atoms with Crippen LogP contribution in [0, 0.1) is 17.0 Å². The van der Waals surface area contributed by atoms with E-state index in [1.807, 2.05) is 0 Å². The number of sulfone groups is 1. The van der Waals surface area contributed by atoms with E-state index in [9.17, 15) is 18.5 Å². The van der Waals surface area contributed by atoms with Crippen LogP contribution in [0.25, 0.3) is 11.0 Å². The lowest BCUT2D eigenvalue weighted by molar-refractivity contribution is -0.512. The summed E-state index contributed by atoms with van der Waals surface area (Å²) in [6, 6.07) is 9.80. The molecule has 0 fully saturated rings. The van der Waals surface area contributed by atoms with Gasteiger partial charge in [-0.1, -0.05) is 41.4 Å². The second kappa shape index (κ2) is 5.77. The number of hydrogen-bond acceptors (Lipinski definition) is 4. The molecule has 0 atom stereocenters. The molecule has 124 valence electrons. The summed E-state index contributed by atoms with van der Waals surface area (Å²) in [5.41, 5.74) is -0.497. The van der Waals surface area contributed by atoms with Crippen molar-refractivity contribution >= 4 is 44.1 Å². The van der Waals surface area contributed by atoms with Gasteiger partial charge >= 0.3 is 5.03 Å². The van der Waals surface area contributed by atoms with Gasteiger partial charge in [-0.2, -0.15) is 0 Å². The first-order chi connectivity index (χ1) is 11.2. The van der Waals surface area contributed by atoms with Gasteiger partial charge in [-0.25, -0.2) is 8.42 Å². The minimum atomic E-state index is -4.18. The van der Waals surface area contributed by atoms with Crippen LogP contribution in [-0.4, -0.2) is 13.1 Å². The number of hydrogen-bond donors (Lipinski definition) is 0. The second-order valence-corrected chi connectivity index (χ2v) is 7.73. The van der Waals surface area contributed by atoms with E-state index < -0.39 is 14.9 Å². The van der Waals surface area contributed by atoms with Crippen molar-refractivity contribution in [2.24, 2.45) is 0 Å². The van der Waals surface area contributed by atoms with Gasteiger partial charge in [0.1, 0.15) is 11.2 Å². The third kappa shape index (κ3) is 2.45. The van der Waals surface area contributed by atoms with Gasteiger partial charge in [0.05, 0.1) is 19.4 Å². The van der Waals surface area contributed by atoms with Crippen molar-refractivity contribution in [2.45, 2.75) is 16.8 Å². The van der Waals surface area contributed by atoms with Crippen LogP contribution in [0.2, 0.25) is 10.0 Å². The average Bonchev–Trinajstić information content (AvgIpc) is 2.55. The van der Waals surface area contributed by atoms with Crippen LogP contribution in [0.15, 0.2) is 52.4 Å². The SMILES string of the molecule is Cc1c(S(=O)(=O)c2ccccc2)[n+](=O)c2cc(Cl)c(Cl)cc2n1[O-]. The lowest BCUT2D eigenvalue weighted by Crippen LogP contribution is -2.30. The van der Waals surface area contributed by atoms with Crippen molar-refractivity contribution in [1.29, 1.82) is 0 Å². The Morgan fingerprint density at radius 2 is 1.67 bits per heavy atom. The Balaban J connectivity index is 2.47. The van der Waals surface area contributed by atoms with Crippen molar-refractivity contribution in [2.75, 3.05) is 0 Å². The Morgan fingerprint density at radius 3 is 2.29 bits per heavy atom. The van der Waals surface area contributed by atoms with E-state index in [1.54, 1.807) is 6.07 Å². The van der Waals surface area contributed by atoms with Crippen LogP contribution >= 0.6 is 23.2 Å². The Hall–Kier alpha value is -2.09. The normalized spacial score (nSPS) is 11.8. The first-order valence-electron chi connectivity index (χ1n) is 6.69. The van der Waals surface area contributed by atoms with Gasteiger partial charge in [0.2, 0.25) is 0 Å². The molecule has 0 spiro atoms. The fourth-order valence-corrected chi connectivity index (χ4v) is 4.23. The Labute approximate surface area is 147 Å². The monoisotopic (exact) mass is 384 g/mol. The van der Waals surface area contributed by atoms with Crippen molar-refractivity contribution < 1.29 is 12.8 Å². The zero-order chi connectivity index (χ0) is 17.6. The molecule has 9 heteroatoms. The fourth-order valence-electron chi connectivity index (χ4n) is 2.39. The summed E-state index contributed by atoms with van der Waals surface area (Å²) in [6.45, 7) is 1.26. The highest BCUT2D eigenvalue weighted by Gasteiger charge is 2.34. The molecule has 0 amide bonds. The van der Waals surface area contributed by atoms with E-state index in [-0.39, 0.29) is 36.1 Å². The molecule has 0 aliphatic carbocycles. The van der Waals surface area contributed by atoms with Crippen molar-refractivity contribution in [1.82, 2.24) is 4.73 Å². The number of rotatable bonds is 2. The first-order valence-corrected chi connectivity index (χ1v) is 8.93. The Bertz CT molecular complexity index is 1130. The summed E-state index contributed by atoms with van der Waals surface area (Å²) in [5.74, 6) is 0. The van der Waals surface area contributed by atoms with Crippen LogP contribution in [0.4, 0.5) is 0 Å². The number of fused-ring (bicyclic) bond motifs is 1. The smallest absolute Gasteiger partial charge is 0.376 e. The minimum absolute atomic E-state index is 0.0423. The third-order valence-electron chi connectivity index (χ3n) is 3.56. The van der Waals surface area contributed by atoms with Gasteiger partial charge in [0.15, 0.2) is 0 Å². The van der Waals surface area contributed by atoms with Crippen molar-refractivity contribution in [3.63, 3.8) is 0 Å². The zero-order valence-corrected chi connectivity index (χ0v) is 14.6. The van der Waals surface area contributed by atoms with E-state index >= 15 is 0 Å². The number of halogens is 2. The molecule has 6 nitrogen and oxygen atoms in total. The van der Waals surface area contributed by atoms with Crippen LogP contribution in [-0.2, 0) is 9.84 Å². The summed E-state index contributed by atoms with van der Waals surface area (Å²) in [6.07, 6.45) is 0. The van der Waals surface area contributed by atoms with Gasteiger partial charge in [-0.05, 0) is 25.1 Å². The molecule has 0 N–H and O–H groups in total. The molecule has 0 saturated heterocycles. The molecule has 1 heterocycles. The highest BCUT2D eigenvalue weighted by molar-refractivity contribution is 7.91. The molecule has 0 radical (unpaired) electrons. The van der Waals surface area contributed by atoms with Gasteiger partial charge < -0.3 is 9.94 Å². The van der Waals surface area contributed by atoms with Gasteiger partial charge in [-0.3, -0.25) is 0 Å². The molecule has 3 rings (SSSR count). The van der Waals surface area contributed by atoms with Crippen LogP contribution in [0.1, 0.15) is 5.69 Å². The fraction of sp³-hybridized carbons (Fsp3) is 0.0667. The highest BCUT2D eigenvalue weighted by Crippen LogP contribution is 2.29. The molecule has 3 aromatic rings. The standard InChI is InChI=1S/C15H10Cl2N2O4S/c1-9-15(24(22,23)10-5-3-2-4-6-10)19(21)14-8-12(17)11(16)7-13(14)18(9)20/h2-8H,1H3. The Morgan fingerprint density at radius 1 is 1.08 bits per heavy atom. The summed E-state index contributed by atoms with van der Waals surface area (Å²) in [7, 11) is -4.18. The third-order valence-corrected chi connectivity index (χ3v) is 6.15. The van der Waals surface area contributed by atoms with E-state index in [0.29, 0.717) is 4.73 Å². The van der Waals surface area contributed by atoms with Crippen molar-refractivity contribution in [3.8, 4) is 0 Å². The number of benzene rings is 2. The molecular weight excluding hydrogens is 375 g/mol. The second-order valence-electron chi connectivity index (χ2n) is 5.05. The quantitative estimate of drug-likeness (QED) is 0.634. The summed E-state index contributed by atoms with van der Waals surface area (Å²) < 4.78 is 26.1. The maximum Gasteiger partial charge on any atom is 0.376 e. The van der Waals surface area contributed by atoms with Crippen molar-refractivity contribution in [3.05, 3.63) is 68.3 Å². The summed E-state index contributed by atoms with van der Waals surface area (Å²) in [4.78, 5) is 12.6. The van der Waals surface area contributed by atoms with E-state index in [2.05, 4.69) is 0 Å². The largest absolute Gasteiger partial charge is 0.805 e. The molecule has 2 aromatic carbocycles. The lowest BCUT2D eigenvalue weighted by atomic mass is 10.3. The number of aromatic nitrogens is 2.